The Bertz CT molecular complexity index is 451. The van der Waals surface area contributed by atoms with E-state index in [1.165, 1.54) is 5.00 Å². The monoisotopic (exact) mass is 295 g/mol. The molecule has 110 valence electrons. The Labute approximate surface area is 123 Å². The van der Waals surface area contributed by atoms with Crippen LogP contribution in [0.1, 0.15) is 0 Å². The maximum absolute atomic E-state index is 11.3. The van der Waals surface area contributed by atoms with Gasteiger partial charge in [0.05, 0.1) is 11.5 Å². The predicted octanol–water partition coefficient (Wildman–Crippen LogP) is 0.192. The van der Waals surface area contributed by atoms with Gasteiger partial charge in [-0.05, 0) is 17.5 Å². The van der Waals surface area contributed by atoms with Crippen LogP contribution in [0.15, 0.2) is 22.5 Å². The maximum atomic E-state index is 11.3. The molecule has 1 aliphatic rings. The summed E-state index contributed by atoms with van der Waals surface area (Å²) in [6.07, 6.45) is 0. The summed E-state index contributed by atoms with van der Waals surface area (Å²) in [4.78, 5) is 20.1. The quantitative estimate of drug-likeness (QED) is 0.617. The first-order valence-corrected chi connectivity index (χ1v) is 7.57. The van der Waals surface area contributed by atoms with Gasteiger partial charge in [-0.15, -0.1) is 11.3 Å². The highest BCUT2D eigenvalue weighted by molar-refractivity contribution is 7.14. The van der Waals surface area contributed by atoms with Crippen LogP contribution in [0.2, 0.25) is 0 Å². The van der Waals surface area contributed by atoms with Crippen molar-refractivity contribution >= 4 is 28.2 Å². The molecule has 1 aromatic rings. The van der Waals surface area contributed by atoms with Crippen LogP contribution in [0.3, 0.4) is 0 Å². The molecule has 1 fully saturated rings. The second-order valence-corrected chi connectivity index (χ2v) is 5.43. The highest BCUT2D eigenvalue weighted by atomic mass is 32.1. The lowest BCUT2D eigenvalue weighted by Crippen LogP contribution is -2.53. The second kappa shape index (κ2) is 7.14. The predicted molar refractivity (Wildman–Crippen MR) is 83.5 cm³/mol. The van der Waals surface area contributed by atoms with Crippen molar-refractivity contribution in [1.82, 2.24) is 15.5 Å². The standard InChI is InChI=1S/C13H21N5OS/c1-14-11(19)10-16-13(15-2)18-7-5-17(6-8-18)12-4-3-9-20-12/h3-4,9H,5-8,10H2,1-2H3,(H,14,19)(H,15,16). The molecule has 1 saturated heterocycles. The van der Waals surface area contributed by atoms with Gasteiger partial charge in [0, 0.05) is 40.3 Å². The van der Waals surface area contributed by atoms with E-state index >= 15 is 0 Å². The van der Waals surface area contributed by atoms with Gasteiger partial charge in [0.15, 0.2) is 5.96 Å². The fraction of sp³-hybridized carbons (Fsp3) is 0.538. The summed E-state index contributed by atoms with van der Waals surface area (Å²) in [5.41, 5.74) is 0. The molecule has 2 heterocycles. The zero-order valence-electron chi connectivity index (χ0n) is 11.9. The summed E-state index contributed by atoms with van der Waals surface area (Å²) in [6, 6.07) is 4.23. The van der Waals surface area contributed by atoms with Gasteiger partial charge in [-0.1, -0.05) is 0 Å². The van der Waals surface area contributed by atoms with Crippen LogP contribution in [0.4, 0.5) is 5.00 Å². The number of aliphatic imine (C=N–C) groups is 1. The fourth-order valence-corrected chi connectivity index (χ4v) is 2.95. The highest BCUT2D eigenvalue weighted by Crippen LogP contribution is 2.22. The van der Waals surface area contributed by atoms with Gasteiger partial charge in [0.2, 0.25) is 5.91 Å². The number of piperazine rings is 1. The minimum Gasteiger partial charge on any atom is -0.360 e. The molecule has 1 aromatic heterocycles. The van der Waals surface area contributed by atoms with E-state index in [4.69, 9.17) is 0 Å². The number of thiophene rings is 1. The van der Waals surface area contributed by atoms with Crippen molar-refractivity contribution in [3.63, 3.8) is 0 Å². The number of guanidine groups is 1. The Morgan fingerprint density at radius 2 is 2.15 bits per heavy atom. The SMILES string of the molecule is CN=C(NCC(=O)NC)N1CCN(c2cccs2)CC1. The minimum absolute atomic E-state index is 0.0385. The first-order valence-electron chi connectivity index (χ1n) is 6.69. The number of hydrogen-bond acceptors (Lipinski definition) is 4. The second-order valence-electron chi connectivity index (χ2n) is 4.50. The third-order valence-corrected chi connectivity index (χ3v) is 4.22. The van der Waals surface area contributed by atoms with E-state index in [0.717, 1.165) is 32.1 Å². The largest absolute Gasteiger partial charge is 0.360 e. The van der Waals surface area contributed by atoms with E-state index in [0.29, 0.717) is 0 Å². The molecular weight excluding hydrogens is 274 g/mol. The number of carbonyl (C=O) groups is 1. The zero-order chi connectivity index (χ0) is 14.4. The average molecular weight is 295 g/mol. The molecule has 0 spiro atoms. The number of nitrogens with one attached hydrogen (secondary N) is 2. The van der Waals surface area contributed by atoms with Crippen LogP contribution in [0.5, 0.6) is 0 Å². The maximum Gasteiger partial charge on any atom is 0.239 e. The molecule has 0 unspecified atom stereocenters. The molecule has 0 saturated carbocycles. The van der Waals surface area contributed by atoms with Gasteiger partial charge in [-0.25, -0.2) is 0 Å². The molecule has 1 amide bonds. The van der Waals surface area contributed by atoms with Crippen LogP contribution in [-0.2, 0) is 4.79 Å². The summed E-state index contributed by atoms with van der Waals surface area (Å²) in [5.74, 6) is 0.753. The summed E-state index contributed by atoms with van der Waals surface area (Å²) < 4.78 is 0. The lowest BCUT2D eigenvalue weighted by molar-refractivity contribution is -0.119. The Hall–Kier alpha value is -1.76. The Balaban J connectivity index is 1.84. The smallest absolute Gasteiger partial charge is 0.239 e. The van der Waals surface area contributed by atoms with Crippen LogP contribution in [0.25, 0.3) is 0 Å². The third-order valence-electron chi connectivity index (χ3n) is 3.29. The molecule has 0 bridgehead atoms. The first kappa shape index (κ1) is 14.6. The van der Waals surface area contributed by atoms with Crippen LogP contribution in [-0.4, -0.2) is 63.6 Å². The normalized spacial score (nSPS) is 16.2. The van der Waals surface area contributed by atoms with Gasteiger partial charge in [-0.3, -0.25) is 9.79 Å². The number of nitrogens with zero attached hydrogens (tertiary/aromatic N) is 3. The highest BCUT2D eigenvalue weighted by Gasteiger charge is 2.20. The van der Waals surface area contributed by atoms with Gasteiger partial charge in [-0.2, -0.15) is 0 Å². The summed E-state index contributed by atoms with van der Waals surface area (Å²) in [7, 11) is 3.38. The van der Waals surface area contributed by atoms with Gasteiger partial charge >= 0.3 is 0 Å². The molecule has 0 aromatic carbocycles. The number of hydrogen-bond donors (Lipinski definition) is 2. The molecule has 0 radical (unpaired) electrons. The molecule has 0 atom stereocenters. The van der Waals surface area contributed by atoms with E-state index < -0.39 is 0 Å². The fourth-order valence-electron chi connectivity index (χ4n) is 2.17. The molecule has 0 aliphatic carbocycles. The number of carbonyl (C=O) groups excluding carboxylic acids is 1. The van der Waals surface area contributed by atoms with Crippen molar-refractivity contribution in [3.05, 3.63) is 17.5 Å². The minimum atomic E-state index is -0.0385. The van der Waals surface area contributed by atoms with Crippen LogP contribution >= 0.6 is 11.3 Å². The number of anilines is 1. The third kappa shape index (κ3) is 3.63. The summed E-state index contributed by atoms with van der Waals surface area (Å²) >= 11 is 1.77. The molecule has 6 nitrogen and oxygen atoms in total. The Morgan fingerprint density at radius 1 is 1.40 bits per heavy atom. The van der Waals surface area contributed by atoms with Gasteiger partial charge in [0.25, 0.3) is 0 Å². The van der Waals surface area contributed by atoms with Crippen LogP contribution < -0.4 is 15.5 Å². The summed E-state index contributed by atoms with van der Waals surface area (Å²) in [6.45, 7) is 4.02. The lowest BCUT2D eigenvalue weighted by atomic mass is 10.3. The van der Waals surface area contributed by atoms with Crippen molar-refractivity contribution in [2.24, 2.45) is 4.99 Å². The molecule has 2 rings (SSSR count). The van der Waals surface area contributed by atoms with Crippen LogP contribution in [0, 0.1) is 0 Å². The van der Waals surface area contributed by atoms with Crippen molar-refractivity contribution in [1.29, 1.82) is 0 Å². The van der Waals surface area contributed by atoms with Crippen molar-refractivity contribution < 1.29 is 4.79 Å². The molecule has 20 heavy (non-hydrogen) atoms. The molecular formula is C13H21N5OS. The number of rotatable bonds is 3. The Kier molecular flexibility index (Phi) is 5.23. The number of amides is 1. The van der Waals surface area contributed by atoms with E-state index in [1.54, 1.807) is 25.4 Å². The van der Waals surface area contributed by atoms with E-state index in [2.05, 4.69) is 42.9 Å². The molecule has 2 N–H and O–H groups in total. The molecule has 7 heteroatoms. The van der Waals surface area contributed by atoms with Crippen molar-refractivity contribution in [2.45, 2.75) is 0 Å². The van der Waals surface area contributed by atoms with Crippen molar-refractivity contribution in [3.8, 4) is 0 Å². The Morgan fingerprint density at radius 3 is 2.70 bits per heavy atom. The van der Waals surface area contributed by atoms with Gasteiger partial charge in [0.1, 0.15) is 0 Å². The molecule has 1 aliphatic heterocycles. The van der Waals surface area contributed by atoms with Gasteiger partial charge < -0.3 is 20.4 Å². The summed E-state index contributed by atoms with van der Waals surface area (Å²) in [5, 5.41) is 9.10. The topological polar surface area (TPSA) is 60.0 Å². The van der Waals surface area contributed by atoms with E-state index in [1.807, 2.05) is 0 Å². The zero-order valence-corrected chi connectivity index (χ0v) is 12.7. The first-order chi connectivity index (χ1) is 9.74. The van der Waals surface area contributed by atoms with E-state index in [9.17, 15) is 4.79 Å². The lowest BCUT2D eigenvalue weighted by Gasteiger charge is -2.36. The number of likely N-dealkylation sites (N-methyl/N-ethyl adjacent to an activating group) is 1. The van der Waals surface area contributed by atoms with Crippen molar-refractivity contribution in [2.75, 3.05) is 51.7 Å². The van der Waals surface area contributed by atoms with E-state index in [-0.39, 0.29) is 12.5 Å². The average Bonchev–Trinajstić information content (AvgIpc) is 3.02.